The summed E-state index contributed by atoms with van der Waals surface area (Å²) < 4.78 is 0. The average Bonchev–Trinajstić information content (AvgIpc) is 2.35. The van der Waals surface area contributed by atoms with Gasteiger partial charge in [-0.05, 0) is 23.6 Å². The summed E-state index contributed by atoms with van der Waals surface area (Å²) in [4.78, 5) is 34.7. The number of rotatable bonds is 2. The standard InChI is InChI=1S/C13H14N2O3/c1-3-10(16)14-9-6-7(2)8-4-5-11(17)15-12(8)13(9)18/h6H,2-5H2,1H3,(H,14,16)(H,15,17). The molecule has 0 aromatic rings. The van der Waals surface area contributed by atoms with Gasteiger partial charge in [-0.3, -0.25) is 14.4 Å². The number of allylic oxidation sites excluding steroid dienone is 3. The summed E-state index contributed by atoms with van der Waals surface area (Å²) in [5.74, 6) is -0.779. The first kappa shape index (κ1) is 12.3. The molecule has 0 spiro atoms. The molecule has 0 atom stereocenters. The van der Waals surface area contributed by atoms with Gasteiger partial charge >= 0.3 is 0 Å². The molecule has 94 valence electrons. The lowest BCUT2D eigenvalue weighted by Gasteiger charge is -2.25. The van der Waals surface area contributed by atoms with Crippen LogP contribution in [0.5, 0.6) is 0 Å². The van der Waals surface area contributed by atoms with Crippen LogP contribution in [0.4, 0.5) is 0 Å². The van der Waals surface area contributed by atoms with E-state index in [0.717, 1.165) is 5.57 Å². The van der Waals surface area contributed by atoms with Gasteiger partial charge in [-0.25, -0.2) is 0 Å². The van der Waals surface area contributed by atoms with Crippen molar-refractivity contribution in [2.45, 2.75) is 26.2 Å². The fourth-order valence-electron chi connectivity index (χ4n) is 1.95. The zero-order chi connectivity index (χ0) is 13.3. The van der Waals surface area contributed by atoms with Gasteiger partial charge in [0.1, 0.15) is 0 Å². The minimum absolute atomic E-state index is 0.174. The van der Waals surface area contributed by atoms with Crippen molar-refractivity contribution in [1.82, 2.24) is 10.6 Å². The predicted octanol–water partition coefficient (Wildman–Crippen LogP) is 0.699. The molecule has 0 saturated heterocycles. The van der Waals surface area contributed by atoms with Gasteiger partial charge in [-0.15, -0.1) is 0 Å². The van der Waals surface area contributed by atoms with Crippen LogP contribution in [0.25, 0.3) is 0 Å². The molecule has 18 heavy (non-hydrogen) atoms. The lowest BCUT2D eigenvalue weighted by molar-refractivity contribution is -0.123. The Hall–Kier alpha value is -2.17. The Morgan fingerprint density at radius 3 is 2.83 bits per heavy atom. The Morgan fingerprint density at radius 1 is 1.44 bits per heavy atom. The van der Waals surface area contributed by atoms with Gasteiger partial charge in [0.2, 0.25) is 17.6 Å². The molecule has 0 aromatic carbocycles. The van der Waals surface area contributed by atoms with Gasteiger partial charge in [-0.2, -0.15) is 0 Å². The normalized spacial score (nSPS) is 19.2. The maximum Gasteiger partial charge on any atom is 0.225 e. The molecule has 5 nitrogen and oxygen atoms in total. The van der Waals surface area contributed by atoms with E-state index in [1.54, 1.807) is 13.0 Å². The molecule has 0 radical (unpaired) electrons. The van der Waals surface area contributed by atoms with Crippen LogP contribution in [-0.2, 0) is 14.4 Å². The first-order chi connectivity index (χ1) is 8.52. The lowest BCUT2D eigenvalue weighted by atomic mass is 9.89. The monoisotopic (exact) mass is 246 g/mol. The third-order valence-corrected chi connectivity index (χ3v) is 2.94. The second-order valence-electron chi connectivity index (χ2n) is 4.22. The van der Waals surface area contributed by atoms with E-state index in [1.807, 2.05) is 0 Å². The van der Waals surface area contributed by atoms with Crippen molar-refractivity contribution < 1.29 is 14.4 Å². The second-order valence-corrected chi connectivity index (χ2v) is 4.22. The van der Waals surface area contributed by atoms with E-state index in [4.69, 9.17) is 0 Å². The minimum atomic E-state index is -0.354. The predicted molar refractivity (Wildman–Crippen MR) is 65.1 cm³/mol. The summed E-state index contributed by atoms with van der Waals surface area (Å²) in [5, 5.41) is 5.08. The molecule has 2 rings (SSSR count). The number of nitrogens with one attached hydrogen (secondary N) is 2. The Morgan fingerprint density at radius 2 is 2.17 bits per heavy atom. The number of carbonyl (C=O) groups is 3. The van der Waals surface area contributed by atoms with Crippen LogP contribution in [0.15, 0.2) is 35.2 Å². The number of hydrogen-bond donors (Lipinski definition) is 2. The largest absolute Gasteiger partial charge is 0.323 e. The zero-order valence-electron chi connectivity index (χ0n) is 10.1. The summed E-state index contributed by atoms with van der Waals surface area (Å²) >= 11 is 0. The topological polar surface area (TPSA) is 75.3 Å². The van der Waals surface area contributed by atoms with Gasteiger partial charge in [0.25, 0.3) is 0 Å². The van der Waals surface area contributed by atoms with Crippen molar-refractivity contribution >= 4 is 17.6 Å². The van der Waals surface area contributed by atoms with Crippen molar-refractivity contribution in [2.75, 3.05) is 0 Å². The highest BCUT2D eigenvalue weighted by molar-refractivity contribution is 6.14. The van der Waals surface area contributed by atoms with E-state index in [9.17, 15) is 14.4 Å². The molecule has 2 aliphatic rings. The number of Topliss-reactive ketones (excluding diaryl/α,β-unsaturated/α-hetero) is 1. The third-order valence-electron chi connectivity index (χ3n) is 2.94. The Bertz CT molecular complexity index is 526. The summed E-state index contributed by atoms with van der Waals surface area (Å²) in [7, 11) is 0. The molecule has 1 heterocycles. The van der Waals surface area contributed by atoms with Crippen LogP contribution in [0.1, 0.15) is 26.2 Å². The van der Waals surface area contributed by atoms with E-state index < -0.39 is 0 Å². The SMILES string of the molecule is C=C1C=C(NC(=O)CC)C(=O)C2=C1CCC(=O)N2. The van der Waals surface area contributed by atoms with E-state index in [1.165, 1.54) is 0 Å². The lowest BCUT2D eigenvalue weighted by Crippen LogP contribution is -2.38. The van der Waals surface area contributed by atoms with Gasteiger partial charge in [0, 0.05) is 12.8 Å². The second kappa shape index (κ2) is 4.60. The molecule has 1 aliphatic carbocycles. The highest BCUT2D eigenvalue weighted by Gasteiger charge is 2.30. The third kappa shape index (κ3) is 2.11. The maximum absolute atomic E-state index is 12.1. The maximum atomic E-state index is 12.1. The van der Waals surface area contributed by atoms with Crippen molar-refractivity contribution in [3.8, 4) is 0 Å². The Balaban J connectivity index is 2.29. The van der Waals surface area contributed by atoms with Gasteiger partial charge in [-0.1, -0.05) is 13.5 Å². The number of amides is 2. The molecular formula is C13H14N2O3. The molecule has 5 heteroatoms. The van der Waals surface area contributed by atoms with E-state index in [2.05, 4.69) is 17.2 Å². The first-order valence-electron chi connectivity index (χ1n) is 5.81. The summed E-state index contributed by atoms with van der Waals surface area (Å²) in [6, 6.07) is 0. The van der Waals surface area contributed by atoms with Crippen LogP contribution in [0.3, 0.4) is 0 Å². The van der Waals surface area contributed by atoms with Crippen molar-refractivity contribution in [1.29, 1.82) is 0 Å². The quantitative estimate of drug-likeness (QED) is 0.753. The van der Waals surface area contributed by atoms with Crippen molar-refractivity contribution in [2.24, 2.45) is 0 Å². The summed E-state index contributed by atoms with van der Waals surface area (Å²) in [6.45, 7) is 5.55. The van der Waals surface area contributed by atoms with E-state index in [0.29, 0.717) is 18.4 Å². The molecule has 2 amide bonds. The zero-order valence-corrected chi connectivity index (χ0v) is 10.1. The van der Waals surface area contributed by atoms with Crippen molar-refractivity contribution in [3.05, 3.63) is 35.2 Å². The fourth-order valence-corrected chi connectivity index (χ4v) is 1.95. The number of ketones is 1. The first-order valence-corrected chi connectivity index (χ1v) is 5.81. The van der Waals surface area contributed by atoms with Crippen LogP contribution in [0, 0.1) is 0 Å². The molecule has 2 N–H and O–H groups in total. The molecule has 0 aromatic heterocycles. The number of hydrogen-bond acceptors (Lipinski definition) is 3. The highest BCUT2D eigenvalue weighted by Crippen LogP contribution is 2.29. The Kier molecular flexibility index (Phi) is 3.14. The fraction of sp³-hybridized carbons (Fsp3) is 0.308. The molecule has 0 fully saturated rings. The van der Waals surface area contributed by atoms with Crippen LogP contribution >= 0.6 is 0 Å². The van der Waals surface area contributed by atoms with Crippen LogP contribution in [-0.4, -0.2) is 17.6 Å². The molecule has 0 unspecified atom stereocenters. The van der Waals surface area contributed by atoms with Gasteiger partial charge in [0.05, 0.1) is 11.4 Å². The molecular weight excluding hydrogens is 232 g/mol. The van der Waals surface area contributed by atoms with Crippen molar-refractivity contribution in [3.63, 3.8) is 0 Å². The summed E-state index contributed by atoms with van der Waals surface area (Å²) in [6.07, 6.45) is 2.72. The highest BCUT2D eigenvalue weighted by atomic mass is 16.2. The number of carbonyl (C=O) groups excluding carboxylic acids is 3. The molecule has 1 aliphatic heterocycles. The molecule has 0 saturated carbocycles. The van der Waals surface area contributed by atoms with E-state index >= 15 is 0 Å². The minimum Gasteiger partial charge on any atom is -0.323 e. The van der Waals surface area contributed by atoms with E-state index in [-0.39, 0.29) is 35.4 Å². The average molecular weight is 246 g/mol. The van der Waals surface area contributed by atoms with Crippen LogP contribution in [0.2, 0.25) is 0 Å². The Labute approximate surface area is 105 Å². The molecule has 0 bridgehead atoms. The van der Waals surface area contributed by atoms with Gasteiger partial charge in [0.15, 0.2) is 0 Å². The van der Waals surface area contributed by atoms with Crippen LogP contribution < -0.4 is 10.6 Å². The van der Waals surface area contributed by atoms with Gasteiger partial charge < -0.3 is 10.6 Å². The smallest absolute Gasteiger partial charge is 0.225 e. The summed E-state index contributed by atoms with van der Waals surface area (Å²) in [5.41, 5.74) is 1.85.